The van der Waals surface area contributed by atoms with E-state index in [1.807, 2.05) is 13.8 Å². The lowest BCUT2D eigenvalue weighted by Gasteiger charge is -2.06. The molecule has 0 saturated carbocycles. The van der Waals surface area contributed by atoms with Crippen molar-refractivity contribution in [2.45, 2.75) is 20.0 Å². The Morgan fingerprint density at radius 3 is 2.15 bits per heavy atom. The van der Waals surface area contributed by atoms with Crippen molar-refractivity contribution < 1.29 is 13.2 Å². The maximum absolute atomic E-state index is 11.9. The Bertz CT molecular complexity index is 258. The SMILES string of the molecule is CC.Nc1ncccc1C(F)(F)F. The van der Waals surface area contributed by atoms with Crippen LogP contribution in [-0.4, -0.2) is 4.98 Å². The van der Waals surface area contributed by atoms with Crippen molar-refractivity contribution in [1.29, 1.82) is 0 Å². The van der Waals surface area contributed by atoms with Crippen molar-refractivity contribution >= 4 is 5.82 Å². The number of alkyl halides is 3. The Hall–Kier alpha value is -1.26. The number of nitrogens with zero attached hydrogens (tertiary/aromatic N) is 1. The summed E-state index contributed by atoms with van der Waals surface area (Å²) in [7, 11) is 0. The first kappa shape index (κ1) is 11.7. The summed E-state index contributed by atoms with van der Waals surface area (Å²) < 4.78 is 35.8. The van der Waals surface area contributed by atoms with Gasteiger partial charge in [-0.25, -0.2) is 4.98 Å². The fourth-order valence-electron chi connectivity index (χ4n) is 0.657. The zero-order valence-corrected chi connectivity index (χ0v) is 7.39. The molecule has 1 aromatic rings. The zero-order chi connectivity index (χ0) is 10.5. The van der Waals surface area contributed by atoms with Gasteiger partial charge in [0.15, 0.2) is 0 Å². The lowest BCUT2D eigenvalue weighted by atomic mass is 10.2. The van der Waals surface area contributed by atoms with Crippen LogP contribution in [0.5, 0.6) is 0 Å². The number of aromatic nitrogens is 1. The second kappa shape index (κ2) is 4.69. The van der Waals surface area contributed by atoms with Crippen molar-refractivity contribution in [3.63, 3.8) is 0 Å². The van der Waals surface area contributed by atoms with Gasteiger partial charge in [-0.15, -0.1) is 0 Å². The lowest BCUT2D eigenvalue weighted by Crippen LogP contribution is -2.09. The lowest BCUT2D eigenvalue weighted by molar-refractivity contribution is -0.137. The summed E-state index contributed by atoms with van der Waals surface area (Å²) in [6.45, 7) is 4.00. The van der Waals surface area contributed by atoms with Crippen LogP contribution < -0.4 is 5.73 Å². The van der Waals surface area contributed by atoms with Gasteiger partial charge >= 0.3 is 6.18 Å². The van der Waals surface area contributed by atoms with Gasteiger partial charge in [0.2, 0.25) is 0 Å². The number of halogens is 3. The van der Waals surface area contributed by atoms with Crippen molar-refractivity contribution in [3.05, 3.63) is 23.9 Å². The Morgan fingerprint density at radius 1 is 1.31 bits per heavy atom. The monoisotopic (exact) mass is 192 g/mol. The van der Waals surface area contributed by atoms with E-state index in [1.165, 1.54) is 12.3 Å². The predicted molar refractivity (Wildman–Crippen MR) is 45.0 cm³/mol. The molecular weight excluding hydrogens is 181 g/mol. The molecule has 5 heteroatoms. The molecule has 0 saturated heterocycles. The van der Waals surface area contributed by atoms with Gasteiger partial charge in [0.1, 0.15) is 5.82 Å². The Morgan fingerprint density at radius 2 is 1.85 bits per heavy atom. The van der Waals surface area contributed by atoms with Crippen LogP contribution in [-0.2, 0) is 6.18 Å². The molecule has 1 heterocycles. The normalized spacial score (nSPS) is 10.2. The average molecular weight is 192 g/mol. The van der Waals surface area contributed by atoms with E-state index in [4.69, 9.17) is 5.73 Å². The topological polar surface area (TPSA) is 38.9 Å². The number of anilines is 1. The van der Waals surface area contributed by atoms with Gasteiger partial charge in [0, 0.05) is 6.20 Å². The van der Waals surface area contributed by atoms with Crippen molar-refractivity contribution in [2.24, 2.45) is 0 Å². The van der Waals surface area contributed by atoms with E-state index >= 15 is 0 Å². The highest BCUT2D eigenvalue weighted by Gasteiger charge is 2.33. The second-order valence-electron chi connectivity index (χ2n) is 1.93. The summed E-state index contributed by atoms with van der Waals surface area (Å²) >= 11 is 0. The molecular formula is C8H11F3N2. The quantitative estimate of drug-likeness (QED) is 0.686. The highest BCUT2D eigenvalue weighted by molar-refractivity contribution is 5.40. The number of pyridine rings is 1. The first-order chi connectivity index (χ1) is 6.02. The fraction of sp³-hybridized carbons (Fsp3) is 0.375. The summed E-state index contributed by atoms with van der Waals surface area (Å²) in [6.07, 6.45) is -3.19. The summed E-state index contributed by atoms with van der Waals surface area (Å²) in [5, 5.41) is 0. The van der Waals surface area contributed by atoms with Gasteiger partial charge in [-0.3, -0.25) is 0 Å². The molecule has 0 amide bonds. The molecule has 1 aromatic heterocycles. The smallest absolute Gasteiger partial charge is 0.383 e. The molecule has 0 atom stereocenters. The number of hydrogen-bond donors (Lipinski definition) is 1. The minimum absolute atomic E-state index is 0.486. The molecule has 1 rings (SSSR count). The molecule has 0 aromatic carbocycles. The average Bonchev–Trinajstić information content (AvgIpc) is 2.07. The van der Waals surface area contributed by atoms with Gasteiger partial charge in [0.05, 0.1) is 5.56 Å². The fourth-order valence-corrected chi connectivity index (χ4v) is 0.657. The largest absolute Gasteiger partial charge is 0.419 e. The standard InChI is InChI=1S/C6H5F3N2.C2H6/c7-6(8,9)4-2-1-3-11-5(4)10;1-2/h1-3H,(H2,10,11);1-2H3. The Labute approximate surface area is 74.6 Å². The van der Waals surface area contributed by atoms with Crippen molar-refractivity contribution in [3.8, 4) is 0 Å². The van der Waals surface area contributed by atoms with E-state index in [9.17, 15) is 13.2 Å². The first-order valence-corrected chi connectivity index (χ1v) is 3.79. The van der Waals surface area contributed by atoms with Gasteiger partial charge in [-0.1, -0.05) is 13.8 Å². The highest BCUT2D eigenvalue weighted by atomic mass is 19.4. The van der Waals surface area contributed by atoms with E-state index in [1.54, 1.807) is 0 Å². The maximum atomic E-state index is 11.9. The molecule has 2 N–H and O–H groups in total. The van der Waals surface area contributed by atoms with Crippen LogP contribution in [0.3, 0.4) is 0 Å². The molecule has 2 nitrogen and oxygen atoms in total. The van der Waals surface area contributed by atoms with Crippen LogP contribution >= 0.6 is 0 Å². The molecule has 0 fully saturated rings. The van der Waals surface area contributed by atoms with Crippen LogP contribution in [0, 0.1) is 0 Å². The van der Waals surface area contributed by atoms with Gasteiger partial charge < -0.3 is 5.73 Å². The summed E-state index contributed by atoms with van der Waals surface area (Å²) in [4.78, 5) is 3.30. The number of nitrogens with two attached hydrogens (primary N) is 1. The first-order valence-electron chi connectivity index (χ1n) is 3.79. The Kier molecular flexibility index (Phi) is 4.23. The zero-order valence-electron chi connectivity index (χ0n) is 7.39. The minimum Gasteiger partial charge on any atom is -0.383 e. The number of nitrogen functional groups attached to an aromatic ring is 1. The molecule has 0 aliphatic rings. The number of hydrogen-bond acceptors (Lipinski definition) is 2. The molecule has 0 unspecified atom stereocenters. The molecule has 0 spiro atoms. The van der Waals surface area contributed by atoms with E-state index in [0.717, 1.165) is 6.07 Å². The van der Waals surface area contributed by atoms with Gasteiger partial charge in [0.25, 0.3) is 0 Å². The van der Waals surface area contributed by atoms with E-state index < -0.39 is 17.6 Å². The molecule has 74 valence electrons. The van der Waals surface area contributed by atoms with Crippen molar-refractivity contribution in [2.75, 3.05) is 5.73 Å². The second-order valence-corrected chi connectivity index (χ2v) is 1.93. The molecule has 0 aliphatic carbocycles. The van der Waals surface area contributed by atoms with Gasteiger partial charge in [-0.2, -0.15) is 13.2 Å². The van der Waals surface area contributed by atoms with Crippen LogP contribution in [0.15, 0.2) is 18.3 Å². The molecule has 0 bridgehead atoms. The maximum Gasteiger partial charge on any atom is 0.419 e. The van der Waals surface area contributed by atoms with Crippen LogP contribution in [0.1, 0.15) is 19.4 Å². The number of rotatable bonds is 0. The Balaban J connectivity index is 0.000000671. The van der Waals surface area contributed by atoms with Crippen LogP contribution in [0.25, 0.3) is 0 Å². The van der Waals surface area contributed by atoms with E-state index in [0.29, 0.717) is 0 Å². The minimum atomic E-state index is -4.40. The molecule has 13 heavy (non-hydrogen) atoms. The predicted octanol–water partition coefficient (Wildman–Crippen LogP) is 2.71. The van der Waals surface area contributed by atoms with Crippen LogP contribution in [0.2, 0.25) is 0 Å². The highest BCUT2D eigenvalue weighted by Crippen LogP contribution is 2.31. The van der Waals surface area contributed by atoms with Gasteiger partial charge in [-0.05, 0) is 12.1 Å². The van der Waals surface area contributed by atoms with Crippen molar-refractivity contribution in [1.82, 2.24) is 4.98 Å². The summed E-state index contributed by atoms with van der Waals surface area (Å²) in [5.74, 6) is -0.486. The summed E-state index contributed by atoms with van der Waals surface area (Å²) in [6, 6.07) is 2.08. The van der Waals surface area contributed by atoms with E-state index in [2.05, 4.69) is 4.98 Å². The third kappa shape index (κ3) is 3.31. The third-order valence-corrected chi connectivity index (χ3v) is 1.14. The van der Waals surface area contributed by atoms with E-state index in [-0.39, 0.29) is 0 Å². The summed E-state index contributed by atoms with van der Waals surface area (Å²) in [5.41, 5.74) is 4.09. The van der Waals surface area contributed by atoms with Crippen LogP contribution in [0.4, 0.5) is 19.0 Å². The third-order valence-electron chi connectivity index (χ3n) is 1.14. The molecule has 0 radical (unpaired) electrons. The molecule has 0 aliphatic heterocycles.